The lowest BCUT2D eigenvalue weighted by Crippen LogP contribution is -2.27. The highest BCUT2D eigenvalue weighted by Gasteiger charge is 2.35. The number of hydrogen-bond acceptors (Lipinski definition) is 3. The van der Waals surface area contributed by atoms with E-state index in [0.29, 0.717) is 4.47 Å². The minimum atomic E-state index is -0.353. The number of halogens is 1. The third-order valence-corrected chi connectivity index (χ3v) is 4.12. The molecule has 0 N–H and O–H groups in total. The topological polar surface area (TPSA) is 22.1 Å². The number of thiazole rings is 1. The predicted molar refractivity (Wildman–Crippen MR) is 66.2 cm³/mol. The van der Waals surface area contributed by atoms with Crippen LogP contribution in [0.25, 0.3) is 11.3 Å². The third kappa shape index (κ3) is 1.35. The summed E-state index contributed by atoms with van der Waals surface area (Å²) in [5.41, 5.74) is 1.64. The van der Waals surface area contributed by atoms with E-state index in [4.69, 9.17) is 16.3 Å². The van der Waals surface area contributed by atoms with Crippen molar-refractivity contribution in [3.05, 3.63) is 33.6 Å². The molecule has 16 heavy (non-hydrogen) atoms. The molecular formula is C12H10ClNOS. The van der Waals surface area contributed by atoms with Gasteiger partial charge in [-0.15, -0.1) is 11.3 Å². The van der Waals surface area contributed by atoms with Crippen LogP contribution in [0.4, 0.5) is 0 Å². The van der Waals surface area contributed by atoms with Crippen LogP contribution in [0.1, 0.15) is 18.7 Å². The molecule has 2 nitrogen and oxygen atoms in total. The van der Waals surface area contributed by atoms with E-state index in [9.17, 15) is 0 Å². The summed E-state index contributed by atoms with van der Waals surface area (Å²) in [6, 6.07) is 7.93. The molecule has 0 saturated heterocycles. The second-order valence-corrected chi connectivity index (χ2v) is 5.83. The smallest absolute Gasteiger partial charge is 0.184 e. The SMILES string of the molecule is CC1(C)Oc2ccccc2-c2nc(Cl)sc21. The van der Waals surface area contributed by atoms with E-state index in [0.717, 1.165) is 21.9 Å². The van der Waals surface area contributed by atoms with Gasteiger partial charge in [0.2, 0.25) is 0 Å². The first-order valence-electron chi connectivity index (χ1n) is 5.03. The first-order chi connectivity index (χ1) is 7.58. The first kappa shape index (κ1) is 10.1. The van der Waals surface area contributed by atoms with Crippen LogP contribution in [0.3, 0.4) is 0 Å². The summed E-state index contributed by atoms with van der Waals surface area (Å²) in [7, 11) is 0. The molecule has 0 bridgehead atoms. The Morgan fingerprint density at radius 3 is 2.88 bits per heavy atom. The van der Waals surface area contributed by atoms with E-state index >= 15 is 0 Å². The molecule has 0 radical (unpaired) electrons. The van der Waals surface area contributed by atoms with Crippen LogP contribution in [-0.2, 0) is 5.60 Å². The molecule has 82 valence electrons. The highest BCUT2D eigenvalue weighted by atomic mass is 35.5. The zero-order valence-electron chi connectivity index (χ0n) is 8.95. The zero-order valence-corrected chi connectivity index (χ0v) is 10.5. The fourth-order valence-electron chi connectivity index (χ4n) is 1.96. The molecule has 0 atom stereocenters. The highest BCUT2D eigenvalue weighted by Crippen LogP contribution is 2.47. The lowest BCUT2D eigenvalue weighted by Gasteiger charge is -2.31. The average molecular weight is 252 g/mol. The van der Waals surface area contributed by atoms with E-state index < -0.39 is 0 Å². The van der Waals surface area contributed by atoms with Crippen molar-refractivity contribution in [2.45, 2.75) is 19.4 Å². The summed E-state index contributed by atoms with van der Waals surface area (Å²) >= 11 is 7.49. The Morgan fingerprint density at radius 1 is 1.31 bits per heavy atom. The Bertz CT molecular complexity index is 562. The van der Waals surface area contributed by atoms with Gasteiger partial charge in [-0.05, 0) is 26.0 Å². The van der Waals surface area contributed by atoms with Crippen molar-refractivity contribution < 1.29 is 4.74 Å². The number of hydrogen-bond donors (Lipinski definition) is 0. The number of aromatic nitrogens is 1. The Morgan fingerprint density at radius 2 is 2.06 bits per heavy atom. The van der Waals surface area contributed by atoms with Crippen molar-refractivity contribution in [1.82, 2.24) is 4.98 Å². The first-order valence-corrected chi connectivity index (χ1v) is 6.22. The van der Waals surface area contributed by atoms with E-state index in [1.54, 1.807) is 0 Å². The Kier molecular flexibility index (Phi) is 2.03. The van der Waals surface area contributed by atoms with Gasteiger partial charge in [-0.1, -0.05) is 23.7 Å². The van der Waals surface area contributed by atoms with E-state index in [1.807, 2.05) is 38.1 Å². The summed E-state index contributed by atoms with van der Waals surface area (Å²) in [6.07, 6.45) is 0. The number of ether oxygens (including phenoxy) is 1. The molecule has 2 aromatic rings. The van der Waals surface area contributed by atoms with Crippen LogP contribution in [-0.4, -0.2) is 4.98 Å². The molecule has 4 heteroatoms. The van der Waals surface area contributed by atoms with Crippen molar-refractivity contribution in [1.29, 1.82) is 0 Å². The molecule has 0 fully saturated rings. The number of para-hydroxylation sites is 1. The summed E-state index contributed by atoms with van der Waals surface area (Å²) in [6.45, 7) is 4.08. The number of nitrogens with zero attached hydrogens (tertiary/aromatic N) is 1. The van der Waals surface area contributed by atoms with Crippen LogP contribution in [0.5, 0.6) is 5.75 Å². The van der Waals surface area contributed by atoms with Gasteiger partial charge in [0.25, 0.3) is 0 Å². The van der Waals surface area contributed by atoms with Gasteiger partial charge >= 0.3 is 0 Å². The van der Waals surface area contributed by atoms with Gasteiger partial charge in [0.05, 0.1) is 10.6 Å². The van der Waals surface area contributed by atoms with Crippen LogP contribution in [0, 0.1) is 0 Å². The lowest BCUT2D eigenvalue weighted by atomic mass is 9.97. The number of benzene rings is 1. The normalized spacial score (nSPS) is 16.2. The maximum atomic E-state index is 6.00. The molecule has 1 aromatic heterocycles. The van der Waals surface area contributed by atoms with E-state index in [1.165, 1.54) is 11.3 Å². The highest BCUT2D eigenvalue weighted by molar-refractivity contribution is 7.16. The van der Waals surface area contributed by atoms with Crippen LogP contribution in [0.2, 0.25) is 4.47 Å². The van der Waals surface area contributed by atoms with Crippen molar-refractivity contribution in [3.8, 4) is 17.0 Å². The molecule has 2 heterocycles. The van der Waals surface area contributed by atoms with Crippen molar-refractivity contribution >= 4 is 22.9 Å². The van der Waals surface area contributed by atoms with Crippen LogP contribution >= 0.6 is 22.9 Å². The second kappa shape index (κ2) is 3.22. The fraction of sp³-hybridized carbons (Fsp3) is 0.250. The van der Waals surface area contributed by atoms with Gasteiger partial charge in [-0.25, -0.2) is 4.98 Å². The maximum Gasteiger partial charge on any atom is 0.184 e. The van der Waals surface area contributed by atoms with E-state index in [2.05, 4.69) is 4.98 Å². The molecule has 3 rings (SSSR count). The lowest BCUT2D eigenvalue weighted by molar-refractivity contribution is 0.109. The van der Waals surface area contributed by atoms with Crippen LogP contribution < -0.4 is 4.74 Å². The Balaban J connectivity index is 2.33. The molecular weight excluding hydrogens is 242 g/mol. The van der Waals surface area contributed by atoms with Crippen molar-refractivity contribution in [2.24, 2.45) is 0 Å². The van der Waals surface area contributed by atoms with E-state index in [-0.39, 0.29) is 5.60 Å². The Labute approximate surface area is 103 Å². The fourth-order valence-corrected chi connectivity index (χ4v) is 3.12. The summed E-state index contributed by atoms with van der Waals surface area (Å²) in [5, 5.41) is 0. The molecule has 1 aromatic carbocycles. The van der Waals surface area contributed by atoms with Gasteiger partial charge in [0, 0.05) is 5.56 Å². The number of fused-ring (bicyclic) bond motifs is 3. The van der Waals surface area contributed by atoms with Gasteiger partial charge < -0.3 is 4.74 Å². The average Bonchev–Trinajstić information content (AvgIpc) is 2.61. The zero-order chi connectivity index (χ0) is 11.3. The maximum absolute atomic E-state index is 6.00. The van der Waals surface area contributed by atoms with Crippen LogP contribution in [0.15, 0.2) is 24.3 Å². The van der Waals surface area contributed by atoms with Gasteiger partial charge in [0.15, 0.2) is 4.47 Å². The van der Waals surface area contributed by atoms with Gasteiger partial charge in [0.1, 0.15) is 11.4 Å². The largest absolute Gasteiger partial charge is 0.482 e. The predicted octanol–water partition coefficient (Wildman–Crippen LogP) is 4.09. The van der Waals surface area contributed by atoms with Crippen molar-refractivity contribution in [3.63, 3.8) is 0 Å². The van der Waals surface area contributed by atoms with Gasteiger partial charge in [-0.2, -0.15) is 0 Å². The number of rotatable bonds is 0. The van der Waals surface area contributed by atoms with Crippen molar-refractivity contribution in [2.75, 3.05) is 0 Å². The monoisotopic (exact) mass is 251 g/mol. The quantitative estimate of drug-likeness (QED) is 0.704. The minimum Gasteiger partial charge on any atom is -0.482 e. The third-order valence-electron chi connectivity index (χ3n) is 2.66. The summed E-state index contributed by atoms with van der Waals surface area (Å²) in [5.74, 6) is 0.877. The summed E-state index contributed by atoms with van der Waals surface area (Å²) < 4.78 is 6.54. The second-order valence-electron chi connectivity index (χ2n) is 4.25. The molecule has 0 unspecified atom stereocenters. The molecule has 1 aliphatic heterocycles. The molecule has 0 saturated carbocycles. The molecule has 1 aliphatic rings. The molecule has 0 spiro atoms. The molecule has 0 amide bonds. The Hall–Kier alpha value is -1.06. The summed E-state index contributed by atoms with van der Waals surface area (Å²) in [4.78, 5) is 5.49. The standard InChI is InChI=1S/C12H10ClNOS/c1-12(2)10-9(14-11(13)16-10)7-5-3-4-6-8(7)15-12/h3-6H,1-2H3. The molecule has 0 aliphatic carbocycles. The van der Waals surface area contributed by atoms with Gasteiger partial charge in [-0.3, -0.25) is 0 Å². The minimum absolute atomic E-state index is 0.353.